The molecule has 0 aliphatic carbocycles. The van der Waals surface area contributed by atoms with Gasteiger partial charge in [0, 0.05) is 57.2 Å². The van der Waals surface area contributed by atoms with Crippen LogP contribution in [0, 0.1) is 0 Å². The molecule has 0 aliphatic rings. The van der Waals surface area contributed by atoms with Crippen LogP contribution in [-0.4, -0.2) is 25.7 Å². The van der Waals surface area contributed by atoms with Crippen LogP contribution in [-0.2, 0) is 13.0 Å². The molecule has 0 bridgehead atoms. The standard InChI is InChI=1S/C19H15Br2N5O/c20-15-9-13-14(11-23-17(13)10-16(15)21)19(27)24-18-4-8-26(25-18)7-3-12-1-5-22-6-2-12/h1-2,4-6,8-11,23H,3,7H2,(H,24,25,27). The van der Waals surface area contributed by atoms with Crippen molar-refractivity contribution in [3.63, 3.8) is 0 Å². The monoisotopic (exact) mass is 487 g/mol. The third-order valence-electron chi connectivity index (χ3n) is 4.23. The number of nitrogens with one attached hydrogen (secondary N) is 2. The first-order chi connectivity index (χ1) is 13.1. The fraction of sp³-hybridized carbons (Fsp3) is 0.105. The van der Waals surface area contributed by atoms with Gasteiger partial charge in [0.1, 0.15) is 0 Å². The normalized spacial score (nSPS) is 11.0. The van der Waals surface area contributed by atoms with Crippen LogP contribution in [0.2, 0.25) is 0 Å². The van der Waals surface area contributed by atoms with E-state index in [0.29, 0.717) is 11.4 Å². The molecule has 0 spiro atoms. The van der Waals surface area contributed by atoms with Gasteiger partial charge >= 0.3 is 0 Å². The van der Waals surface area contributed by atoms with Crippen LogP contribution in [0.15, 0.2) is 64.1 Å². The number of rotatable bonds is 5. The molecule has 0 unspecified atom stereocenters. The predicted octanol–water partition coefficient (Wildman–Crippen LogP) is 4.78. The van der Waals surface area contributed by atoms with Gasteiger partial charge in [0.15, 0.2) is 5.82 Å². The number of hydrogen-bond donors (Lipinski definition) is 2. The number of nitrogens with zero attached hydrogens (tertiary/aromatic N) is 3. The smallest absolute Gasteiger partial charge is 0.259 e. The van der Waals surface area contributed by atoms with Gasteiger partial charge in [-0.25, -0.2) is 0 Å². The molecule has 0 saturated heterocycles. The van der Waals surface area contributed by atoms with Crippen molar-refractivity contribution in [1.82, 2.24) is 19.7 Å². The van der Waals surface area contributed by atoms with Crippen molar-refractivity contribution in [2.45, 2.75) is 13.0 Å². The second-order valence-corrected chi connectivity index (χ2v) is 7.75. The third-order valence-corrected chi connectivity index (χ3v) is 6.07. The average Bonchev–Trinajstić information content (AvgIpc) is 3.28. The van der Waals surface area contributed by atoms with E-state index in [-0.39, 0.29) is 5.91 Å². The van der Waals surface area contributed by atoms with E-state index in [1.54, 1.807) is 24.7 Å². The van der Waals surface area contributed by atoms with Crippen LogP contribution in [0.1, 0.15) is 15.9 Å². The summed E-state index contributed by atoms with van der Waals surface area (Å²) >= 11 is 6.95. The molecule has 2 N–H and O–H groups in total. The number of amides is 1. The molecule has 3 aromatic heterocycles. The van der Waals surface area contributed by atoms with E-state index >= 15 is 0 Å². The van der Waals surface area contributed by atoms with E-state index in [9.17, 15) is 4.79 Å². The van der Waals surface area contributed by atoms with E-state index < -0.39 is 0 Å². The van der Waals surface area contributed by atoms with E-state index in [2.05, 4.69) is 52.2 Å². The maximum atomic E-state index is 12.7. The molecule has 4 aromatic rings. The lowest BCUT2D eigenvalue weighted by atomic mass is 10.1. The highest BCUT2D eigenvalue weighted by Crippen LogP contribution is 2.30. The van der Waals surface area contributed by atoms with Crippen LogP contribution < -0.4 is 5.32 Å². The number of aromatic amines is 1. The van der Waals surface area contributed by atoms with E-state index in [4.69, 9.17) is 0 Å². The van der Waals surface area contributed by atoms with Crippen molar-refractivity contribution in [3.8, 4) is 0 Å². The Labute approximate surface area is 172 Å². The lowest BCUT2D eigenvalue weighted by molar-refractivity contribution is 0.102. The highest BCUT2D eigenvalue weighted by molar-refractivity contribution is 9.13. The molecule has 6 nitrogen and oxygen atoms in total. The zero-order valence-corrected chi connectivity index (χ0v) is 17.3. The number of aromatic nitrogens is 4. The zero-order valence-electron chi connectivity index (χ0n) is 14.1. The van der Waals surface area contributed by atoms with Gasteiger partial charge in [0.25, 0.3) is 5.91 Å². The summed E-state index contributed by atoms with van der Waals surface area (Å²) in [7, 11) is 0. The van der Waals surface area contributed by atoms with Crippen molar-refractivity contribution < 1.29 is 4.79 Å². The summed E-state index contributed by atoms with van der Waals surface area (Å²) in [5, 5.41) is 8.14. The van der Waals surface area contributed by atoms with E-state index in [1.807, 2.05) is 35.1 Å². The van der Waals surface area contributed by atoms with Gasteiger partial charge < -0.3 is 10.3 Å². The maximum Gasteiger partial charge on any atom is 0.259 e. The summed E-state index contributed by atoms with van der Waals surface area (Å²) in [4.78, 5) is 19.8. The molecule has 0 atom stereocenters. The summed E-state index contributed by atoms with van der Waals surface area (Å²) in [6.45, 7) is 0.730. The second kappa shape index (κ2) is 7.66. The number of pyridine rings is 1. The average molecular weight is 489 g/mol. The molecule has 136 valence electrons. The SMILES string of the molecule is O=C(Nc1ccn(CCc2ccncc2)n1)c1c[nH]c2cc(Br)c(Br)cc12. The van der Waals surface area contributed by atoms with Crippen LogP contribution in [0.4, 0.5) is 5.82 Å². The van der Waals surface area contributed by atoms with Crippen LogP contribution in [0.3, 0.4) is 0 Å². The Morgan fingerprint density at radius 3 is 2.74 bits per heavy atom. The fourth-order valence-electron chi connectivity index (χ4n) is 2.83. The van der Waals surface area contributed by atoms with Gasteiger partial charge in [0.05, 0.1) is 5.56 Å². The van der Waals surface area contributed by atoms with Crippen molar-refractivity contribution in [2.75, 3.05) is 5.32 Å². The Hall–Kier alpha value is -2.45. The molecule has 0 fully saturated rings. The molecule has 0 aliphatic heterocycles. The van der Waals surface area contributed by atoms with E-state index in [1.165, 1.54) is 5.56 Å². The summed E-state index contributed by atoms with van der Waals surface area (Å²) in [5.74, 6) is 0.329. The Kier molecular flexibility index (Phi) is 5.09. The number of H-pyrrole nitrogens is 1. The molecule has 1 amide bonds. The first-order valence-electron chi connectivity index (χ1n) is 8.30. The second-order valence-electron chi connectivity index (χ2n) is 6.04. The highest BCUT2D eigenvalue weighted by atomic mass is 79.9. The number of hydrogen-bond acceptors (Lipinski definition) is 3. The number of carbonyl (C=O) groups excluding carboxylic acids is 1. The Morgan fingerprint density at radius 2 is 1.93 bits per heavy atom. The van der Waals surface area contributed by atoms with Gasteiger partial charge in [-0.05, 0) is 68.1 Å². The van der Waals surface area contributed by atoms with Crippen molar-refractivity contribution in [2.24, 2.45) is 0 Å². The molecular weight excluding hydrogens is 474 g/mol. The topological polar surface area (TPSA) is 75.6 Å². The first kappa shape index (κ1) is 17.9. The molecule has 0 radical (unpaired) electrons. The van der Waals surface area contributed by atoms with Gasteiger partial charge in [-0.2, -0.15) is 5.10 Å². The Morgan fingerprint density at radius 1 is 1.15 bits per heavy atom. The number of benzene rings is 1. The Bertz CT molecular complexity index is 1100. The van der Waals surface area contributed by atoms with Gasteiger partial charge in [-0.3, -0.25) is 14.5 Å². The third kappa shape index (κ3) is 3.96. The molecule has 0 saturated carbocycles. The quantitative estimate of drug-likeness (QED) is 0.424. The lowest BCUT2D eigenvalue weighted by Gasteiger charge is -2.03. The van der Waals surface area contributed by atoms with E-state index in [0.717, 1.165) is 32.8 Å². The molecule has 8 heteroatoms. The summed E-state index contributed by atoms with van der Waals surface area (Å²) in [5.41, 5.74) is 2.66. The maximum absolute atomic E-state index is 12.7. The number of halogens is 2. The minimum atomic E-state index is -0.199. The van der Waals surface area contributed by atoms with Crippen molar-refractivity contribution >= 4 is 54.5 Å². The molecule has 27 heavy (non-hydrogen) atoms. The summed E-state index contributed by atoms with van der Waals surface area (Å²) < 4.78 is 3.64. The molecule has 3 heterocycles. The minimum absolute atomic E-state index is 0.199. The van der Waals surface area contributed by atoms with Crippen molar-refractivity contribution in [1.29, 1.82) is 0 Å². The van der Waals surface area contributed by atoms with Crippen molar-refractivity contribution in [3.05, 3.63) is 75.2 Å². The van der Waals surface area contributed by atoms with Crippen LogP contribution in [0.5, 0.6) is 0 Å². The molecule has 4 rings (SSSR count). The number of aryl methyl sites for hydroxylation is 2. The first-order valence-corrected chi connectivity index (χ1v) is 9.88. The zero-order chi connectivity index (χ0) is 18.8. The highest BCUT2D eigenvalue weighted by Gasteiger charge is 2.15. The van der Waals surface area contributed by atoms with Gasteiger partial charge in [-0.1, -0.05) is 0 Å². The fourth-order valence-corrected chi connectivity index (χ4v) is 3.52. The molecule has 1 aromatic carbocycles. The van der Waals surface area contributed by atoms with Crippen LogP contribution in [0.25, 0.3) is 10.9 Å². The largest absolute Gasteiger partial charge is 0.360 e. The lowest BCUT2D eigenvalue weighted by Crippen LogP contribution is -2.12. The van der Waals surface area contributed by atoms with Crippen LogP contribution >= 0.6 is 31.9 Å². The predicted molar refractivity (Wildman–Crippen MR) is 112 cm³/mol. The van der Waals surface area contributed by atoms with Gasteiger partial charge in [0.2, 0.25) is 0 Å². The van der Waals surface area contributed by atoms with Gasteiger partial charge in [-0.15, -0.1) is 0 Å². The number of anilines is 1. The number of fused-ring (bicyclic) bond motifs is 1. The summed E-state index contributed by atoms with van der Waals surface area (Å²) in [6, 6.07) is 9.62. The summed E-state index contributed by atoms with van der Waals surface area (Å²) in [6.07, 6.45) is 7.98. The number of carbonyl (C=O) groups is 1. The Balaban J connectivity index is 1.46. The molecular formula is C19H15Br2N5O. The minimum Gasteiger partial charge on any atom is -0.360 e.